The number of aromatic nitrogens is 1. The van der Waals surface area contributed by atoms with Crippen molar-refractivity contribution in [3.8, 4) is 0 Å². The monoisotopic (exact) mass is 273 g/mol. The van der Waals surface area contributed by atoms with Crippen LogP contribution in [0, 0.1) is 5.82 Å². The molecule has 104 valence electrons. The van der Waals surface area contributed by atoms with Gasteiger partial charge in [-0.3, -0.25) is 4.79 Å². The number of carbonyl (C=O) groups excluding carboxylic acids is 1. The van der Waals surface area contributed by atoms with Gasteiger partial charge in [0.15, 0.2) is 0 Å². The first-order chi connectivity index (χ1) is 9.65. The zero-order valence-corrected chi connectivity index (χ0v) is 10.9. The molecule has 20 heavy (non-hydrogen) atoms. The van der Waals surface area contributed by atoms with E-state index in [0.29, 0.717) is 12.2 Å². The summed E-state index contributed by atoms with van der Waals surface area (Å²) in [6.45, 7) is 0. The molecule has 4 nitrogen and oxygen atoms in total. The Kier molecular flexibility index (Phi) is 4.79. The minimum Gasteiger partial charge on any atom is -0.324 e. The molecule has 0 saturated heterocycles. The highest BCUT2D eigenvalue weighted by Gasteiger charge is 2.09. The van der Waals surface area contributed by atoms with Crippen molar-refractivity contribution in [2.75, 3.05) is 5.32 Å². The second-order valence-corrected chi connectivity index (χ2v) is 4.47. The number of hydrogen-bond acceptors (Lipinski definition) is 3. The first-order valence-electron chi connectivity index (χ1n) is 6.37. The van der Waals surface area contributed by atoms with E-state index < -0.39 is 5.82 Å². The molecule has 0 bridgehead atoms. The van der Waals surface area contributed by atoms with Crippen LogP contribution >= 0.6 is 0 Å². The van der Waals surface area contributed by atoms with Crippen LogP contribution in [0.3, 0.4) is 0 Å². The van der Waals surface area contributed by atoms with Crippen molar-refractivity contribution in [2.24, 2.45) is 5.73 Å². The van der Waals surface area contributed by atoms with Crippen molar-refractivity contribution in [1.82, 2.24) is 4.98 Å². The Bertz CT molecular complexity index is 557. The highest BCUT2D eigenvalue weighted by atomic mass is 19.1. The van der Waals surface area contributed by atoms with E-state index in [9.17, 15) is 9.18 Å². The summed E-state index contributed by atoms with van der Waals surface area (Å²) in [5.74, 6) is -0.283. The Hall–Kier alpha value is -2.27. The molecule has 0 saturated carbocycles. The predicted octanol–water partition coefficient (Wildman–Crippen LogP) is 2.64. The average Bonchev–Trinajstić information content (AvgIpc) is 2.48. The number of benzene rings is 1. The summed E-state index contributed by atoms with van der Waals surface area (Å²) < 4.78 is 12.7. The molecule has 0 fully saturated rings. The van der Waals surface area contributed by atoms with Gasteiger partial charge in [0.25, 0.3) is 0 Å². The van der Waals surface area contributed by atoms with E-state index in [-0.39, 0.29) is 18.4 Å². The molecule has 0 aliphatic rings. The fourth-order valence-electron chi connectivity index (χ4n) is 1.81. The Morgan fingerprint density at radius 3 is 2.65 bits per heavy atom. The van der Waals surface area contributed by atoms with Gasteiger partial charge in [-0.1, -0.05) is 30.3 Å². The summed E-state index contributed by atoms with van der Waals surface area (Å²) in [6, 6.07) is 12.1. The van der Waals surface area contributed by atoms with Gasteiger partial charge in [0.1, 0.15) is 11.6 Å². The summed E-state index contributed by atoms with van der Waals surface area (Å²) in [5.41, 5.74) is 7.01. The number of nitrogens with one attached hydrogen (secondary N) is 1. The van der Waals surface area contributed by atoms with E-state index in [1.54, 1.807) is 0 Å². The molecule has 0 radical (unpaired) electrons. The minimum absolute atomic E-state index is 0.178. The van der Waals surface area contributed by atoms with E-state index in [4.69, 9.17) is 5.73 Å². The largest absolute Gasteiger partial charge is 0.324 e. The SMILES string of the molecule is NC(CCC(=O)Nc1ccc(F)cn1)c1ccccc1. The third kappa shape index (κ3) is 4.13. The normalized spacial score (nSPS) is 11.9. The van der Waals surface area contributed by atoms with Crippen molar-refractivity contribution in [3.05, 3.63) is 60.0 Å². The smallest absolute Gasteiger partial charge is 0.225 e. The molecule has 1 amide bonds. The van der Waals surface area contributed by atoms with E-state index >= 15 is 0 Å². The number of hydrogen-bond donors (Lipinski definition) is 2. The lowest BCUT2D eigenvalue weighted by Crippen LogP contribution is -2.17. The third-order valence-electron chi connectivity index (χ3n) is 2.91. The van der Waals surface area contributed by atoms with Crippen molar-refractivity contribution in [1.29, 1.82) is 0 Å². The van der Waals surface area contributed by atoms with Crippen LogP contribution in [0.15, 0.2) is 48.7 Å². The van der Waals surface area contributed by atoms with Gasteiger partial charge in [-0.05, 0) is 24.1 Å². The number of carbonyl (C=O) groups is 1. The number of nitrogens with two attached hydrogens (primary N) is 1. The second-order valence-electron chi connectivity index (χ2n) is 4.47. The molecule has 0 aliphatic heterocycles. The highest BCUT2D eigenvalue weighted by molar-refractivity contribution is 5.89. The van der Waals surface area contributed by atoms with E-state index in [1.807, 2.05) is 30.3 Å². The number of halogens is 1. The molecule has 1 heterocycles. The quantitative estimate of drug-likeness (QED) is 0.880. The average molecular weight is 273 g/mol. The highest BCUT2D eigenvalue weighted by Crippen LogP contribution is 2.15. The number of amides is 1. The van der Waals surface area contributed by atoms with Crippen LogP contribution in [0.2, 0.25) is 0 Å². The first kappa shape index (κ1) is 14.1. The second kappa shape index (κ2) is 6.77. The molecule has 3 N–H and O–H groups in total. The molecular formula is C15H16FN3O. The maximum absolute atomic E-state index is 12.7. The van der Waals surface area contributed by atoms with Crippen LogP contribution in [0.25, 0.3) is 0 Å². The summed E-state index contributed by atoms with van der Waals surface area (Å²) in [7, 11) is 0. The van der Waals surface area contributed by atoms with Crippen molar-refractivity contribution >= 4 is 11.7 Å². The summed E-state index contributed by atoms with van der Waals surface area (Å²) in [5, 5.41) is 2.60. The van der Waals surface area contributed by atoms with Gasteiger partial charge in [-0.25, -0.2) is 9.37 Å². The molecular weight excluding hydrogens is 257 g/mol. The maximum Gasteiger partial charge on any atom is 0.225 e. The van der Waals surface area contributed by atoms with Crippen molar-refractivity contribution in [2.45, 2.75) is 18.9 Å². The number of anilines is 1. The topological polar surface area (TPSA) is 68.0 Å². The van der Waals surface area contributed by atoms with Gasteiger partial charge in [0, 0.05) is 12.5 Å². The maximum atomic E-state index is 12.7. The molecule has 0 aliphatic carbocycles. The van der Waals surface area contributed by atoms with Crippen LogP contribution in [-0.2, 0) is 4.79 Å². The van der Waals surface area contributed by atoms with Gasteiger partial charge in [-0.15, -0.1) is 0 Å². The van der Waals surface area contributed by atoms with Crippen LogP contribution in [0.1, 0.15) is 24.4 Å². The predicted molar refractivity (Wildman–Crippen MR) is 75.4 cm³/mol. The molecule has 5 heteroatoms. The Balaban J connectivity index is 1.82. The zero-order chi connectivity index (χ0) is 14.4. The molecule has 2 rings (SSSR count). The van der Waals surface area contributed by atoms with Gasteiger partial charge in [0.2, 0.25) is 5.91 Å². The molecule has 1 aromatic heterocycles. The van der Waals surface area contributed by atoms with Crippen molar-refractivity contribution < 1.29 is 9.18 Å². The van der Waals surface area contributed by atoms with Gasteiger partial charge in [0.05, 0.1) is 6.20 Å². The van der Waals surface area contributed by atoms with Gasteiger partial charge in [-0.2, -0.15) is 0 Å². The Morgan fingerprint density at radius 2 is 2.00 bits per heavy atom. The molecule has 1 unspecified atom stereocenters. The van der Waals surface area contributed by atoms with Crippen molar-refractivity contribution in [3.63, 3.8) is 0 Å². The molecule has 1 aromatic carbocycles. The van der Waals surface area contributed by atoms with Gasteiger partial charge >= 0.3 is 0 Å². The van der Waals surface area contributed by atoms with E-state index in [1.165, 1.54) is 12.1 Å². The van der Waals surface area contributed by atoms with Crippen LogP contribution in [0.4, 0.5) is 10.2 Å². The summed E-state index contributed by atoms with van der Waals surface area (Å²) in [4.78, 5) is 15.5. The summed E-state index contributed by atoms with van der Waals surface area (Å²) >= 11 is 0. The standard InChI is InChI=1S/C15H16FN3O/c16-12-6-8-14(18-10-12)19-15(20)9-7-13(17)11-4-2-1-3-5-11/h1-6,8,10,13H,7,9,17H2,(H,18,19,20). The zero-order valence-electron chi connectivity index (χ0n) is 10.9. The molecule has 0 spiro atoms. The minimum atomic E-state index is -0.436. The number of pyridine rings is 1. The number of rotatable bonds is 5. The third-order valence-corrected chi connectivity index (χ3v) is 2.91. The van der Waals surface area contributed by atoms with Crippen LogP contribution in [-0.4, -0.2) is 10.9 Å². The van der Waals surface area contributed by atoms with E-state index in [0.717, 1.165) is 11.8 Å². The van der Waals surface area contributed by atoms with Crippen LogP contribution < -0.4 is 11.1 Å². The molecule has 2 aromatic rings. The van der Waals surface area contributed by atoms with E-state index in [2.05, 4.69) is 10.3 Å². The first-order valence-corrected chi connectivity index (χ1v) is 6.37. The fraction of sp³-hybridized carbons (Fsp3) is 0.200. The fourth-order valence-corrected chi connectivity index (χ4v) is 1.81. The molecule has 1 atom stereocenters. The lowest BCUT2D eigenvalue weighted by Gasteiger charge is -2.11. The Morgan fingerprint density at radius 1 is 1.25 bits per heavy atom. The summed E-state index contributed by atoms with van der Waals surface area (Å²) in [6.07, 6.45) is 1.89. The number of nitrogens with zero attached hydrogens (tertiary/aromatic N) is 1. The lowest BCUT2D eigenvalue weighted by molar-refractivity contribution is -0.116. The van der Waals surface area contributed by atoms with Crippen LogP contribution in [0.5, 0.6) is 0 Å². The van der Waals surface area contributed by atoms with Gasteiger partial charge < -0.3 is 11.1 Å². The lowest BCUT2D eigenvalue weighted by atomic mass is 10.0. The Labute approximate surface area is 116 Å².